The van der Waals surface area contributed by atoms with E-state index in [1.54, 1.807) is 31.2 Å². The minimum absolute atomic E-state index is 0.117. The topological polar surface area (TPSA) is 115 Å². The molecule has 2 aromatic carbocycles. The molecule has 0 aliphatic carbocycles. The van der Waals surface area contributed by atoms with Crippen LogP contribution in [0, 0.1) is 20.8 Å². The Morgan fingerprint density at radius 1 is 0.968 bits per heavy atom. The molecule has 160 valence electrons. The van der Waals surface area contributed by atoms with Crippen molar-refractivity contribution in [2.75, 3.05) is 17.7 Å². The summed E-state index contributed by atoms with van der Waals surface area (Å²) in [4.78, 5) is 36.5. The van der Waals surface area contributed by atoms with Crippen molar-refractivity contribution in [2.45, 2.75) is 27.3 Å². The Balaban J connectivity index is 1.66. The Bertz CT molecular complexity index is 1120. The average Bonchev–Trinajstić information content (AvgIpc) is 3.10. The first-order valence-electron chi connectivity index (χ1n) is 9.56. The predicted molar refractivity (Wildman–Crippen MR) is 115 cm³/mol. The summed E-state index contributed by atoms with van der Waals surface area (Å²) in [7, 11) is 1.30. The summed E-state index contributed by atoms with van der Waals surface area (Å²) in [6.07, 6.45) is 0. The average molecular weight is 421 g/mol. The van der Waals surface area contributed by atoms with Crippen molar-refractivity contribution in [3.05, 3.63) is 70.5 Å². The van der Waals surface area contributed by atoms with Crippen molar-refractivity contribution in [3.63, 3.8) is 0 Å². The van der Waals surface area contributed by atoms with Crippen LogP contribution >= 0.6 is 0 Å². The van der Waals surface area contributed by atoms with Crippen LogP contribution in [0.1, 0.15) is 37.7 Å². The summed E-state index contributed by atoms with van der Waals surface area (Å²) < 4.78 is 6.00. The van der Waals surface area contributed by atoms with Gasteiger partial charge in [0.05, 0.1) is 18.4 Å². The van der Waals surface area contributed by atoms with Crippen molar-refractivity contribution in [1.82, 2.24) is 15.0 Å². The lowest BCUT2D eigenvalue weighted by molar-refractivity contribution is -0.117. The Kier molecular flexibility index (Phi) is 6.44. The van der Waals surface area contributed by atoms with Crippen molar-refractivity contribution < 1.29 is 19.1 Å². The summed E-state index contributed by atoms with van der Waals surface area (Å²) in [6, 6.07) is 12.0. The Morgan fingerprint density at radius 2 is 1.61 bits per heavy atom. The number of nitrogens with one attached hydrogen (secondary N) is 2. The predicted octanol–water partition coefficient (Wildman–Crippen LogP) is 2.88. The lowest BCUT2D eigenvalue weighted by Gasteiger charge is -2.10. The standard InChI is InChI=1S/C22H23N5O4/c1-13-6-5-7-14(2)19(13)24-21(29)20-15(3)27(26-25-20)12-18(28)23-17-10-8-16(9-11-17)22(30)31-4/h5-11H,12H2,1-4H3,(H,23,28)(H,24,29). The van der Waals surface area contributed by atoms with E-state index in [2.05, 4.69) is 25.7 Å². The van der Waals surface area contributed by atoms with E-state index >= 15 is 0 Å². The molecule has 0 aliphatic rings. The van der Waals surface area contributed by atoms with Gasteiger partial charge in [-0.15, -0.1) is 5.10 Å². The highest BCUT2D eigenvalue weighted by Gasteiger charge is 2.19. The highest BCUT2D eigenvalue weighted by molar-refractivity contribution is 6.04. The van der Waals surface area contributed by atoms with Crippen LogP contribution in [0.15, 0.2) is 42.5 Å². The van der Waals surface area contributed by atoms with Gasteiger partial charge in [-0.3, -0.25) is 9.59 Å². The molecule has 1 aromatic heterocycles. The van der Waals surface area contributed by atoms with Crippen molar-refractivity contribution in [3.8, 4) is 0 Å². The number of carbonyl (C=O) groups excluding carboxylic acids is 3. The van der Waals surface area contributed by atoms with Gasteiger partial charge in [-0.2, -0.15) is 0 Å². The largest absolute Gasteiger partial charge is 0.465 e. The van der Waals surface area contributed by atoms with Crippen LogP contribution in [0.4, 0.5) is 11.4 Å². The molecular formula is C22H23N5O4. The SMILES string of the molecule is COC(=O)c1ccc(NC(=O)Cn2nnc(C(=O)Nc3c(C)cccc3C)c2C)cc1. The van der Waals surface area contributed by atoms with Crippen LogP contribution in [0.2, 0.25) is 0 Å². The molecule has 0 bridgehead atoms. The van der Waals surface area contributed by atoms with E-state index in [1.807, 2.05) is 32.0 Å². The zero-order valence-electron chi connectivity index (χ0n) is 17.7. The number of amides is 2. The number of aryl methyl sites for hydroxylation is 2. The number of rotatable bonds is 6. The van der Waals surface area contributed by atoms with Gasteiger partial charge in [0.25, 0.3) is 5.91 Å². The molecular weight excluding hydrogens is 398 g/mol. The Morgan fingerprint density at radius 3 is 2.23 bits per heavy atom. The maximum atomic E-state index is 12.7. The molecule has 2 amide bonds. The van der Waals surface area contributed by atoms with Gasteiger partial charge >= 0.3 is 5.97 Å². The second-order valence-corrected chi connectivity index (χ2v) is 7.02. The van der Waals surface area contributed by atoms with Crippen molar-refractivity contribution in [1.29, 1.82) is 0 Å². The molecule has 0 spiro atoms. The monoisotopic (exact) mass is 421 g/mol. The highest BCUT2D eigenvalue weighted by Crippen LogP contribution is 2.20. The van der Waals surface area contributed by atoms with Gasteiger partial charge in [0.1, 0.15) is 6.54 Å². The van der Waals surface area contributed by atoms with E-state index in [1.165, 1.54) is 11.8 Å². The molecule has 31 heavy (non-hydrogen) atoms. The van der Waals surface area contributed by atoms with Crippen LogP contribution in [0.25, 0.3) is 0 Å². The van der Waals surface area contributed by atoms with Crippen LogP contribution in [0.5, 0.6) is 0 Å². The molecule has 0 radical (unpaired) electrons. The molecule has 0 atom stereocenters. The molecule has 0 fully saturated rings. The van der Waals surface area contributed by atoms with Crippen LogP contribution < -0.4 is 10.6 Å². The molecule has 0 saturated heterocycles. The number of para-hydroxylation sites is 1. The third-order valence-electron chi connectivity index (χ3n) is 4.80. The second kappa shape index (κ2) is 9.21. The number of esters is 1. The van der Waals surface area contributed by atoms with Crippen LogP contribution in [-0.4, -0.2) is 39.9 Å². The fourth-order valence-electron chi connectivity index (χ4n) is 3.05. The first kappa shape index (κ1) is 21.7. The zero-order valence-corrected chi connectivity index (χ0v) is 17.7. The molecule has 9 nitrogen and oxygen atoms in total. The molecule has 0 saturated carbocycles. The number of methoxy groups -OCH3 is 1. The number of carbonyl (C=O) groups is 3. The van der Waals surface area contributed by atoms with Crippen LogP contribution in [-0.2, 0) is 16.1 Å². The number of aromatic nitrogens is 3. The number of ether oxygens (including phenoxy) is 1. The van der Waals surface area contributed by atoms with Gasteiger partial charge in [-0.25, -0.2) is 9.48 Å². The fraction of sp³-hybridized carbons (Fsp3) is 0.227. The molecule has 9 heteroatoms. The first-order chi connectivity index (χ1) is 14.8. The normalized spacial score (nSPS) is 10.5. The maximum absolute atomic E-state index is 12.7. The van der Waals surface area contributed by atoms with Crippen molar-refractivity contribution >= 4 is 29.2 Å². The molecule has 1 heterocycles. The van der Waals surface area contributed by atoms with E-state index in [-0.39, 0.29) is 24.1 Å². The quantitative estimate of drug-likeness (QED) is 0.592. The van der Waals surface area contributed by atoms with Gasteiger partial charge < -0.3 is 15.4 Å². The number of anilines is 2. The van der Waals surface area contributed by atoms with Gasteiger partial charge in [-0.1, -0.05) is 23.4 Å². The smallest absolute Gasteiger partial charge is 0.337 e. The highest BCUT2D eigenvalue weighted by atomic mass is 16.5. The fourth-order valence-corrected chi connectivity index (χ4v) is 3.05. The number of nitrogens with zero attached hydrogens (tertiary/aromatic N) is 3. The molecule has 0 unspecified atom stereocenters. The maximum Gasteiger partial charge on any atom is 0.337 e. The van der Waals surface area contributed by atoms with Gasteiger partial charge in [0.15, 0.2) is 5.69 Å². The van der Waals surface area contributed by atoms with E-state index < -0.39 is 5.97 Å². The second-order valence-electron chi connectivity index (χ2n) is 7.02. The van der Waals surface area contributed by atoms with E-state index in [0.29, 0.717) is 16.9 Å². The summed E-state index contributed by atoms with van der Waals surface area (Å²) in [5.74, 6) is -1.19. The molecule has 2 N–H and O–H groups in total. The van der Waals surface area contributed by atoms with E-state index in [9.17, 15) is 14.4 Å². The summed E-state index contributed by atoms with van der Waals surface area (Å²) in [5, 5.41) is 13.5. The van der Waals surface area contributed by atoms with Crippen LogP contribution in [0.3, 0.4) is 0 Å². The first-order valence-corrected chi connectivity index (χ1v) is 9.56. The van der Waals surface area contributed by atoms with E-state index in [4.69, 9.17) is 0 Å². The van der Waals surface area contributed by atoms with Crippen molar-refractivity contribution in [2.24, 2.45) is 0 Å². The third kappa shape index (κ3) is 4.95. The Labute approximate surface area is 179 Å². The minimum atomic E-state index is -0.456. The zero-order chi connectivity index (χ0) is 22.5. The molecule has 0 aliphatic heterocycles. The van der Waals surface area contributed by atoms with E-state index in [0.717, 1.165) is 16.8 Å². The lowest BCUT2D eigenvalue weighted by Crippen LogP contribution is -2.21. The third-order valence-corrected chi connectivity index (χ3v) is 4.80. The molecule has 3 rings (SSSR count). The number of hydrogen-bond acceptors (Lipinski definition) is 6. The van der Waals surface area contributed by atoms with Gasteiger partial charge in [0.2, 0.25) is 5.91 Å². The number of benzene rings is 2. The summed E-state index contributed by atoms with van der Waals surface area (Å²) >= 11 is 0. The summed E-state index contributed by atoms with van der Waals surface area (Å²) in [6.45, 7) is 5.38. The minimum Gasteiger partial charge on any atom is -0.465 e. The lowest BCUT2D eigenvalue weighted by atomic mass is 10.1. The Hall–Kier alpha value is -4.01. The molecule has 3 aromatic rings. The number of hydrogen-bond donors (Lipinski definition) is 2. The van der Waals surface area contributed by atoms with Gasteiger partial charge in [0, 0.05) is 11.4 Å². The summed E-state index contributed by atoms with van der Waals surface area (Å²) in [5.41, 5.74) is 4.13. The van der Waals surface area contributed by atoms with Gasteiger partial charge in [-0.05, 0) is 56.2 Å².